The molecule has 1 aliphatic heterocycles. The van der Waals surface area contributed by atoms with E-state index in [1.165, 1.54) is 11.2 Å². The average Bonchev–Trinajstić information content (AvgIpc) is 2.78. The van der Waals surface area contributed by atoms with Crippen LogP contribution in [0.5, 0.6) is 0 Å². The van der Waals surface area contributed by atoms with Gasteiger partial charge in [-0.25, -0.2) is 9.59 Å². The van der Waals surface area contributed by atoms with E-state index in [1.807, 2.05) is 0 Å². The van der Waals surface area contributed by atoms with Gasteiger partial charge in [0, 0.05) is 0 Å². The lowest BCUT2D eigenvalue weighted by atomic mass is 10.3. The Bertz CT molecular complexity index is 373. The summed E-state index contributed by atoms with van der Waals surface area (Å²) < 4.78 is 5.06. The number of urea groups is 1. The Morgan fingerprint density at radius 1 is 1.73 bits per heavy atom. The third-order valence-corrected chi connectivity index (χ3v) is 2.28. The van der Waals surface area contributed by atoms with E-state index in [0.29, 0.717) is 5.76 Å². The van der Waals surface area contributed by atoms with Crippen molar-refractivity contribution in [1.29, 1.82) is 0 Å². The standard InChI is InChI=1S/C9H10N2O4/c12-8(13)7-4-10-9(14)11(7)5-6-2-1-3-15-6/h1-3,7H,4-5H2,(H,10,14)(H,12,13). The van der Waals surface area contributed by atoms with E-state index >= 15 is 0 Å². The van der Waals surface area contributed by atoms with Gasteiger partial charge in [-0.15, -0.1) is 0 Å². The van der Waals surface area contributed by atoms with Crippen LogP contribution in [0.1, 0.15) is 5.76 Å². The van der Waals surface area contributed by atoms with Gasteiger partial charge in [0.25, 0.3) is 0 Å². The zero-order valence-corrected chi connectivity index (χ0v) is 7.84. The van der Waals surface area contributed by atoms with Crippen LogP contribution in [0.25, 0.3) is 0 Å². The molecule has 0 spiro atoms. The van der Waals surface area contributed by atoms with Crippen LogP contribution in [-0.4, -0.2) is 34.6 Å². The number of furan rings is 1. The number of amides is 2. The molecule has 1 saturated heterocycles. The number of nitrogens with one attached hydrogen (secondary N) is 1. The van der Waals surface area contributed by atoms with Gasteiger partial charge in [0.05, 0.1) is 19.4 Å². The highest BCUT2D eigenvalue weighted by molar-refractivity contribution is 5.86. The zero-order valence-electron chi connectivity index (χ0n) is 7.84. The third-order valence-electron chi connectivity index (χ3n) is 2.28. The molecule has 0 radical (unpaired) electrons. The van der Waals surface area contributed by atoms with Crippen LogP contribution in [0, 0.1) is 0 Å². The summed E-state index contributed by atoms with van der Waals surface area (Å²) in [5, 5.41) is 11.3. The molecule has 0 aliphatic carbocycles. The molecule has 80 valence electrons. The molecule has 2 N–H and O–H groups in total. The van der Waals surface area contributed by atoms with Crippen LogP contribution in [0.15, 0.2) is 22.8 Å². The number of rotatable bonds is 3. The fraction of sp³-hybridized carbons (Fsp3) is 0.333. The second kappa shape index (κ2) is 3.64. The third kappa shape index (κ3) is 1.78. The van der Waals surface area contributed by atoms with Crippen LogP contribution >= 0.6 is 0 Å². The van der Waals surface area contributed by atoms with Gasteiger partial charge < -0.3 is 19.7 Å². The fourth-order valence-corrected chi connectivity index (χ4v) is 1.51. The highest BCUT2D eigenvalue weighted by Crippen LogP contribution is 2.13. The molecule has 2 amide bonds. The van der Waals surface area contributed by atoms with Crippen LogP contribution in [-0.2, 0) is 11.3 Å². The second-order valence-corrected chi connectivity index (χ2v) is 3.25. The number of aliphatic carboxylic acids is 1. The highest BCUT2D eigenvalue weighted by Gasteiger charge is 2.36. The maximum atomic E-state index is 11.3. The van der Waals surface area contributed by atoms with Gasteiger partial charge >= 0.3 is 12.0 Å². The maximum absolute atomic E-state index is 11.3. The van der Waals surface area contributed by atoms with Gasteiger partial charge in [0.1, 0.15) is 11.8 Å². The Morgan fingerprint density at radius 3 is 3.13 bits per heavy atom. The van der Waals surface area contributed by atoms with Crippen LogP contribution in [0.2, 0.25) is 0 Å². The molecule has 15 heavy (non-hydrogen) atoms. The van der Waals surface area contributed by atoms with Crippen molar-refractivity contribution in [1.82, 2.24) is 10.2 Å². The zero-order chi connectivity index (χ0) is 10.8. The van der Waals surface area contributed by atoms with Crippen molar-refractivity contribution in [3.63, 3.8) is 0 Å². The molecule has 1 atom stereocenters. The van der Waals surface area contributed by atoms with Crippen LogP contribution in [0.4, 0.5) is 4.79 Å². The Morgan fingerprint density at radius 2 is 2.53 bits per heavy atom. The minimum Gasteiger partial charge on any atom is -0.480 e. The normalized spacial score (nSPS) is 20.4. The number of carboxylic acids is 1. The van der Waals surface area contributed by atoms with Crippen molar-refractivity contribution >= 4 is 12.0 Å². The molecule has 0 aromatic carbocycles. The molecule has 1 unspecified atom stereocenters. The first-order chi connectivity index (χ1) is 7.18. The number of carboxylic acid groups (broad SMARTS) is 1. The maximum Gasteiger partial charge on any atom is 0.328 e. The predicted octanol–water partition coefficient (Wildman–Crippen LogP) is 0.258. The summed E-state index contributed by atoms with van der Waals surface area (Å²) in [6.45, 7) is 0.310. The van der Waals surface area contributed by atoms with E-state index in [1.54, 1.807) is 12.1 Å². The molecule has 2 rings (SSSR count). The first-order valence-corrected chi connectivity index (χ1v) is 4.48. The topological polar surface area (TPSA) is 82.8 Å². The first kappa shape index (κ1) is 9.57. The van der Waals surface area contributed by atoms with E-state index in [4.69, 9.17) is 9.52 Å². The Hall–Kier alpha value is -1.98. The van der Waals surface area contributed by atoms with E-state index < -0.39 is 12.0 Å². The molecular weight excluding hydrogens is 200 g/mol. The first-order valence-electron chi connectivity index (χ1n) is 4.48. The molecule has 6 heteroatoms. The lowest BCUT2D eigenvalue weighted by Crippen LogP contribution is -2.38. The summed E-state index contributed by atoms with van der Waals surface area (Å²) in [4.78, 5) is 23.4. The van der Waals surface area contributed by atoms with Crippen molar-refractivity contribution in [2.75, 3.05) is 6.54 Å². The molecule has 0 saturated carbocycles. The number of nitrogens with zero attached hydrogens (tertiary/aromatic N) is 1. The van der Waals surface area contributed by atoms with E-state index in [9.17, 15) is 9.59 Å². The van der Waals surface area contributed by atoms with Crippen LogP contribution in [0.3, 0.4) is 0 Å². The van der Waals surface area contributed by atoms with E-state index in [-0.39, 0.29) is 19.1 Å². The number of hydrogen-bond donors (Lipinski definition) is 2. The molecule has 6 nitrogen and oxygen atoms in total. The second-order valence-electron chi connectivity index (χ2n) is 3.25. The van der Waals surface area contributed by atoms with Gasteiger partial charge in [-0.1, -0.05) is 0 Å². The molecule has 2 heterocycles. The Kier molecular flexibility index (Phi) is 2.32. The minimum absolute atomic E-state index is 0.134. The van der Waals surface area contributed by atoms with Crippen molar-refractivity contribution in [3.8, 4) is 0 Å². The summed E-state index contributed by atoms with van der Waals surface area (Å²) in [5.41, 5.74) is 0. The van der Waals surface area contributed by atoms with E-state index in [2.05, 4.69) is 5.32 Å². The summed E-state index contributed by atoms with van der Waals surface area (Å²) in [6, 6.07) is 2.20. The van der Waals surface area contributed by atoms with Crippen molar-refractivity contribution in [2.24, 2.45) is 0 Å². The monoisotopic (exact) mass is 210 g/mol. The van der Waals surface area contributed by atoms with Crippen molar-refractivity contribution in [3.05, 3.63) is 24.2 Å². The van der Waals surface area contributed by atoms with Gasteiger partial charge in [-0.05, 0) is 12.1 Å². The molecule has 1 aromatic rings. The molecule has 0 bridgehead atoms. The largest absolute Gasteiger partial charge is 0.480 e. The summed E-state index contributed by atoms with van der Waals surface area (Å²) in [6.07, 6.45) is 1.49. The summed E-state index contributed by atoms with van der Waals surface area (Å²) >= 11 is 0. The molecular formula is C9H10N2O4. The van der Waals surface area contributed by atoms with Crippen molar-refractivity contribution < 1.29 is 19.1 Å². The lowest BCUT2D eigenvalue weighted by molar-refractivity contribution is -0.141. The Balaban J connectivity index is 2.11. The highest BCUT2D eigenvalue weighted by atomic mass is 16.4. The Labute approximate surface area is 85.5 Å². The number of carbonyl (C=O) groups is 2. The molecule has 1 fully saturated rings. The smallest absolute Gasteiger partial charge is 0.328 e. The number of hydrogen-bond acceptors (Lipinski definition) is 3. The van der Waals surface area contributed by atoms with Gasteiger partial charge in [-0.2, -0.15) is 0 Å². The van der Waals surface area contributed by atoms with E-state index in [0.717, 1.165) is 0 Å². The van der Waals surface area contributed by atoms with Gasteiger partial charge in [0.2, 0.25) is 0 Å². The average molecular weight is 210 g/mol. The predicted molar refractivity (Wildman–Crippen MR) is 49.1 cm³/mol. The quantitative estimate of drug-likeness (QED) is 0.749. The number of carbonyl (C=O) groups excluding carboxylic acids is 1. The van der Waals surface area contributed by atoms with Crippen molar-refractivity contribution in [2.45, 2.75) is 12.6 Å². The molecule has 1 aromatic heterocycles. The molecule has 1 aliphatic rings. The van der Waals surface area contributed by atoms with Gasteiger partial charge in [-0.3, -0.25) is 0 Å². The lowest BCUT2D eigenvalue weighted by Gasteiger charge is -2.17. The van der Waals surface area contributed by atoms with Crippen LogP contribution < -0.4 is 5.32 Å². The van der Waals surface area contributed by atoms with Gasteiger partial charge in [0.15, 0.2) is 0 Å². The summed E-state index contributed by atoms with van der Waals surface area (Å²) in [5.74, 6) is -0.446. The SMILES string of the molecule is O=C(O)C1CNC(=O)N1Cc1ccco1. The minimum atomic E-state index is -1.01. The summed E-state index contributed by atoms with van der Waals surface area (Å²) in [7, 11) is 0. The fourth-order valence-electron chi connectivity index (χ4n) is 1.51.